The van der Waals surface area contributed by atoms with Gasteiger partial charge in [0.05, 0.1) is 104 Å². The maximum Gasteiger partial charge on any atom is 0.269 e. The molecule has 0 unspecified atom stereocenters. The molecule has 0 spiro atoms. The van der Waals surface area contributed by atoms with Crippen LogP contribution in [-0.2, 0) is 37.9 Å². The van der Waals surface area contributed by atoms with Crippen LogP contribution in [0.4, 0.5) is 5.69 Å². The molecule has 0 radical (unpaired) electrons. The standard InChI is InChI=1S/C28H48ClNO11/c29-9-3-1-2-4-10-33-11-12-34-13-14-35-15-16-36-17-18-37-19-20-38-21-22-39-23-24-40-25-26-41-28-7-5-27(6-8-28)30(31)32/h5-8H,1-4,9-26H2. The summed E-state index contributed by atoms with van der Waals surface area (Å²) in [6.07, 6.45) is 4.48. The van der Waals surface area contributed by atoms with E-state index in [0.717, 1.165) is 31.7 Å². The van der Waals surface area contributed by atoms with Crippen molar-refractivity contribution >= 4 is 17.3 Å². The number of hydrogen-bond acceptors (Lipinski definition) is 11. The molecule has 0 aliphatic heterocycles. The van der Waals surface area contributed by atoms with Crippen molar-refractivity contribution in [3.8, 4) is 5.75 Å². The van der Waals surface area contributed by atoms with Crippen LogP contribution in [0.5, 0.6) is 5.75 Å². The average Bonchev–Trinajstić information content (AvgIpc) is 2.98. The van der Waals surface area contributed by atoms with Crippen LogP contribution >= 0.6 is 11.6 Å². The van der Waals surface area contributed by atoms with Gasteiger partial charge in [0.2, 0.25) is 0 Å². The summed E-state index contributed by atoms with van der Waals surface area (Å²) in [6.45, 7) is 8.67. The van der Waals surface area contributed by atoms with Gasteiger partial charge in [0.25, 0.3) is 5.69 Å². The number of nitrogens with zero attached hydrogens (tertiary/aromatic N) is 1. The Morgan fingerprint density at radius 3 is 1.20 bits per heavy atom. The fourth-order valence-electron chi connectivity index (χ4n) is 3.18. The highest BCUT2D eigenvalue weighted by Gasteiger charge is 2.04. The number of nitro groups is 1. The molecule has 0 amide bonds. The first-order valence-electron chi connectivity index (χ1n) is 14.3. The molecule has 0 atom stereocenters. The number of hydrogen-bond donors (Lipinski definition) is 0. The van der Waals surface area contributed by atoms with Crippen molar-refractivity contribution in [2.45, 2.75) is 25.7 Å². The molecule has 0 fully saturated rings. The van der Waals surface area contributed by atoms with Crippen molar-refractivity contribution in [2.24, 2.45) is 0 Å². The molecule has 0 saturated carbocycles. The van der Waals surface area contributed by atoms with Gasteiger partial charge in [-0.3, -0.25) is 10.1 Å². The molecule has 0 bridgehead atoms. The van der Waals surface area contributed by atoms with Gasteiger partial charge in [-0.25, -0.2) is 0 Å². The Bertz CT molecular complexity index is 700. The fourth-order valence-corrected chi connectivity index (χ4v) is 3.37. The maximum atomic E-state index is 10.6. The molecule has 1 rings (SSSR count). The molecule has 0 saturated heterocycles. The molecule has 238 valence electrons. The van der Waals surface area contributed by atoms with E-state index in [1.54, 1.807) is 12.1 Å². The Morgan fingerprint density at radius 1 is 0.488 bits per heavy atom. The summed E-state index contributed by atoms with van der Waals surface area (Å²) >= 11 is 5.64. The Hall–Kier alpha value is -1.61. The number of unbranched alkanes of at least 4 members (excludes halogenated alkanes) is 3. The number of nitro benzene ring substituents is 1. The van der Waals surface area contributed by atoms with Gasteiger partial charge in [0.15, 0.2) is 0 Å². The quantitative estimate of drug-likeness (QED) is 0.0511. The molecular weight excluding hydrogens is 562 g/mol. The molecule has 41 heavy (non-hydrogen) atoms. The minimum absolute atomic E-state index is 0.0287. The molecule has 12 nitrogen and oxygen atoms in total. The first-order valence-corrected chi connectivity index (χ1v) is 14.8. The van der Waals surface area contributed by atoms with Crippen LogP contribution < -0.4 is 4.74 Å². The Labute approximate surface area is 248 Å². The van der Waals surface area contributed by atoms with Crippen LogP contribution in [0.15, 0.2) is 24.3 Å². The number of benzene rings is 1. The van der Waals surface area contributed by atoms with Gasteiger partial charge in [-0.05, 0) is 25.0 Å². The van der Waals surface area contributed by atoms with Crippen molar-refractivity contribution < 1.29 is 47.6 Å². The van der Waals surface area contributed by atoms with Crippen molar-refractivity contribution in [1.82, 2.24) is 0 Å². The molecule has 0 N–H and O–H groups in total. The van der Waals surface area contributed by atoms with Gasteiger partial charge in [0.1, 0.15) is 12.4 Å². The summed E-state index contributed by atoms with van der Waals surface area (Å²) in [6, 6.07) is 5.92. The summed E-state index contributed by atoms with van der Waals surface area (Å²) < 4.78 is 49.1. The Morgan fingerprint density at radius 2 is 0.829 bits per heavy atom. The third-order valence-corrected chi connectivity index (χ3v) is 5.59. The van der Waals surface area contributed by atoms with Gasteiger partial charge in [-0.1, -0.05) is 12.8 Å². The number of ether oxygens (including phenoxy) is 9. The van der Waals surface area contributed by atoms with Crippen LogP contribution in [-0.4, -0.2) is 123 Å². The highest BCUT2D eigenvalue weighted by atomic mass is 35.5. The van der Waals surface area contributed by atoms with Gasteiger partial charge < -0.3 is 42.6 Å². The number of alkyl halides is 1. The van der Waals surface area contributed by atoms with Crippen molar-refractivity contribution in [1.29, 1.82) is 0 Å². The Balaban J connectivity index is 1.67. The smallest absolute Gasteiger partial charge is 0.269 e. The van der Waals surface area contributed by atoms with E-state index < -0.39 is 4.92 Å². The zero-order valence-corrected chi connectivity index (χ0v) is 24.9. The fraction of sp³-hybridized carbons (Fsp3) is 0.786. The lowest BCUT2D eigenvalue weighted by molar-refractivity contribution is -0.384. The predicted molar refractivity (Wildman–Crippen MR) is 154 cm³/mol. The molecule has 1 aromatic carbocycles. The number of non-ortho nitro benzene ring substituents is 1. The molecule has 0 heterocycles. The minimum atomic E-state index is -0.450. The molecule has 1 aromatic rings. The second kappa shape index (κ2) is 29.9. The molecule has 13 heteroatoms. The number of rotatable bonds is 32. The monoisotopic (exact) mass is 609 g/mol. The van der Waals surface area contributed by atoms with Crippen LogP contribution in [0.2, 0.25) is 0 Å². The van der Waals surface area contributed by atoms with Crippen LogP contribution in [0.3, 0.4) is 0 Å². The summed E-state index contributed by atoms with van der Waals surface area (Å²) in [5, 5.41) is 10.6. The van der Waals surface area contributed by atoms with E-state index in [1.807, 2.05) is 0 Å². The topological polar surface area (TPSA) is 126 Å². The largest absolute Gasteiger partial charge is 0.491 e. The summed E-state index contributed by atoms with van der Waals surface area (Å²) in [7, 11) is 0. The lowest BCUT2D eigenvalue weighted by Gasteiger charge is -2.09. The summed E-state index contributed by atoms with van der Waals surface area (Å²) in [5.74, 6) is 1.30. The van der Waals surface area contributed by atoms with E-state index in [-0.39, 0.29) is 5.69 Å². The molecular formula is C28H48ClNO11. The van der Waals surface area contributed by atoms with E-state index in [1.165, 1.54) is 18.6 Å². The maximum absolute atomic E-state index is 10.6. The highest BCUT2D eigenvalue weighted by Crippen LogP contribution is 2.17. The van der Waals surface area contributed by atoms with Gasteiger partial charge in [-0.2, -0.15) is 0 Å². The molecule has 0 aliphatic carbocycles. The first kappa shape index (κ1) is 37.4. The highest BCUT2D eigenvalue weighted by molar-refractivity contribution is 6.17. The van der Waals surface area contributed by atoms with Gasteiger partial charge >= 0.3 is 0 Å². The van der Waals surface area contributed by atoms with Crippen molar-refractivity contribution in [3.63, 3.8) is 0 Å². The van der Waals surface area contributed by atoms with Crippen LogP contribution in [0.1, 0.15) is 25.7 Å². The normalized spacial score (nSPS) is 11.2. The zero-order chi connectivity index (χ0) is 29.5. The average molecular weight is 610 g/mol. The first-order chi connectivity index (χ1) is 20.2. The van der Waals surface area contributed by atoms with E-state index >= 15 is 0 Å². The SMILES string of the molecule is O=[N+]([O-])c1ccc(OCCOCCOCCOCCOCCOCCOCCOCCOCCCCCCCl)cc1. The van der Waals surface area contributed by atoms with E-state index in [0.29, 0.717) is 111 Å². The lowest BCUT2D eigenvalue weighted by Crippen LogP contribution is -2.15. The third-order valence-electron chi connectivity index (χ3n) is 5.32. The zero-order valence-electron chi connectivity index (χ0n) is 24.2. The van der Waals surface area contributed by atoms with E-state index in [9.17, 15) is 10.1 Å². The van der Waals surface area contributed by atoms with Gasteiger partial charge in [-0.15, -0.1) is 11.6 Å². The molecule has 0 aromatic heterocycles. The van der Waals surface area contributed by atoms with Gasteiger partial charge in [0, 0.05) is 24.6 Å². The number of halogens is 1. The predicted octanol–water partition coefficient (Wildman–Crippen LogP) is 3.91. The second-order valence-corrected chi connectivity index (χ2v) is 8.98. The molecule has 0 aliphatic rings. The minimum Gasteiger partial charge on any atom is -0.491 e. The van der Waals surface area contributed by atoms with E-state index in [4.69, 9.17) is 54.2 Å². The second-order valence-electron chi connectivity index (χ2n) is 8.60. The third kappa shape index (κ3) is 25.8. The van der Waals surface area contributed by atoms with Crippen LogP contribution in [0.25, 0.3) is 0 Å². The lowest BCUT2D eigenvalue weighted by atomic mass is 10.2. The van der Waals surface area contributed by atoms with E-state index in [2.05, 4.69) is 0 Å². The van der Waals surface area contributed by atoms with Crippen molar-refractivity contribution in [2.75, 3.05) is 118 Å². The Kier molecular flexibility index (Phi) is 27.3. The summed E-state index contributed by atoms with van der Waals surface area (Å²) in [5.41, 5.74) is 0.0287. The van der Waals surface area contributed by atoms with Crippen molar-refractivity contribution in [3.05, 3.63) is 34.4 Å². The van der Waals surface area contributed by atoms with Crippen LogP contribution in [0, 0.1) is 10.1 Å². The summed E-state index contributed by atoms with van der Waals surface area (Å²) in [4.78, 5) is 10.2.